The lowest BCUT2D eigenvalue weighted by atomic mass is 9.95. The Morgan fingerprint density at radius 3 is 2.70 bits per heavy atom. The van der Waals surface area contributed by atoms with Crippen LogP contribution < -0.4 is 16.0 Å². The maximum atomic E-state index is 14.0. The Hall–Kier alpha value is -3.89. The van der Waals surface area contributed by atoms with Crippen LogP contribution in [0.2, 0.25) is 0 Å². The van der Waals surface area contributed by atoms with E-state index in [1.54, 1.807) is 12.1 Å². The van der Waals surface area contributed by atoms with Crippen molar-refractivity contribution in [2.45, 2.75) is 24.9 Å². The lowest BCUT2D eigenvalue weighted by Crippen LogP contribution is -2.44. The Morgan fingerprint density at radius 2 is 1.94 bits per heavy atom. The number of anilines is 2. The first-order valence-electron chi connectivity index (χ1n) is 10.9. The van der Waals surface area contributed by atoms with E-state index in [1.165, 1.54) is 12.1 Å². The maximum absolute atomic E-state index is 14.0. The van der Waals surface area contributed by atoms with Gasteiger partial charge in [-0.2, -0.15) is 5.26 Å². The molecule has 3 aromatic carbocycles. The molecular weight excluding hydrogens is 419 g/mol. The second-order valence-electron chi connectivity index (χ2n) is 8.10. The summed E-state index contributed by atoms with van der Waals surface area (Å²) in [5.41, 5.74) is 4.58. The number of carboxylic acids is 1. The minimum atomic E-state index is -0.985. The summed E-state index contributed by atoms with van der Waals surface area (Å²) >= 11 is 0. The predicted molar refractivity (Wildman–Crippen MR) is 126 cm³/mol. The van der Waals surface area contributed by atoms with E-state index in [9.17, 15) is 14.4 Å². The van der Waals surface area contributed by atoms with E-state index in [2.05, 4.69) is 34.2 Å². The highest BCUT2D eigenvalue weighted by molar-refractivity contribution is 5.77. The Balaban J connectivity index is 1.51. The number of para-hydroxylation sites is 1. The summed E-state index contributed by atoms with van der Waals surface area (Å²) in [6.07, 6.45) is 0.344. The highest BCUT2D eigenvalue weighted by Gasteiger charge is 2.27. The quantitative estimate of drug-likeness (QED) is 0.418. The summed E-state index contributed by atoms with van der Waals surface area (Å²) in [7, 11) is 0. The third-order valence-electron chi connectivity index (χ3n) is 5.74. The molecule has 0 spiro atoms. The van der Waals surface area contributed by atoms with Gasteiger partial charge in [-0.15, -0.1) is 0 Å². The minimum Gasteiger partial charge on any atom is -0.481 e. The molecule has 0 aliphatic carbocycles. The van der Waals surface area contributed by atoms with Gasteiger partial charge in [0.2, 0.25) is 0 Å². The molecule has 7 heteroatoms. The van der Waals surface area contributed by atoms with Crippen molar-refractivity contribution in [1.29, 1.82) is 5.26 Å². The number of rotatable bonds is 8. The molecule has 0 saturated heterocycles. The predicted octanol–water partition coefficient (Wildman–Crippen LogP) is 4.10. The van der Waals surface area contributed by atoms with Crippen LogP contribution in [0, 0.1) is 17.1 Å². The molecule has 4 N–H and O–H groups in total. The van der Waals surface area contributed by atoms with E-state index in [4.69, 9.17) is 5.11 Å². The number of benzene rings is 3. The standard InChI is InChI=1S/C26H25FN4O2/c27-21-12-17(11-18(13-21)14-24(32)33)9-10-29-25(19-5-2-1-3-6-19)23-16-30-22-8-4-7-20(15-28)26(22)31-23/h1-8,11-13,23,25,29-31H,9-10,14,16H2,(H,32,33)/t23-,25-/m1/s1. The fraction of sp³-hybridized carbons (Fsp3) is 0.231. The zero-order valence-corrected chi connectivity index (χ0v) is 18.0. The summed E-state index contributed by atoms with van der Waals surface area (Å²) in [4.78, 5) is 11.0. The largest absolute Gasteiger partial charge is 0.481 e. The molecule has 0 aromatic heterocycles. The van der Waals surface area contributed by atoms with Crippen LogP contribution in [0.4, 0.5) is 15.8 Å². The molecular formula is C26H25FN4O2. The number of nitrogens with zero attached hydrogens (tertiary/aromatic N) is 1. The summed E-state index contributed by atoms with van der Waals surface area (Å²) in [6.45, 7) is 1.23. The van der Waals surface area contributed by atoms with Crippen molar-refractivity contribution in [2.75, 3.05) is 23.7 Å². The van der Waals surface area contributed by atoms with E-state index in [-0.39, 0.29) is 18.5 Å². The van der Waals surface area contributed by atoms with Crippen molar-refractivity contribution in [3.05, 3.63) is 94.8 Å². The number of carbonyl (C=O) groups is 1. The number of carboxylic acid groups (broad SMARTS) is 1. The summed E-state index contributed by atoms with van der Waals surface area (Å²) in [6, 6.07) is 22.2. The monoisotopic (exact) mass is 444 g/mol. The molecule has 1 aliphatic rings. The molecule has 0 bridgehead atoms. The van der Waals surface area contributed by atoms with Gasteiger partial charge in [0.15, 0.2) is 0 Å². The van der Waals surface area contributed by atoms with E-state index < -0.39 is 11.8 Å². The lowest BCUT2D eigenvalue weighted by Gasteiger charge is -2.35. The molecule has 0 radical (unpaired) electrons. The summed E-state index contributed by atoms with van der Waals surface area (Å²) < 4.78 is 14.0. The highest BCUT2D eigenvalue weighted by atomic mass is 19.1. The van der Waals surface area contributed by atoms with Gasteiger partial charge >= 0.3 is 5.97 Å². The molecule has 1 aliphatic heterocycles. The van der Waals surface area contributed by atoms with Crippen molar-refractivity contribution in [1.82, 2.24) is 5.32 Å². The Bertz CT molecular complexity index is 1180. The van der Waals surface area contributed by atoms with Crippen LogP contribution in [0.1, 0.15) is 28.3 Å². The molecule has 4 rings (SSSR count). The Morgan fingerprint density at radius 1 is 1.15 bits per heavy atom. The fourth-order valence-corrected chi connectivity index (χ4v) is 4.27. The molecule has 168 valence electrons. The van der Waals surface area contributed by atoms with Crippen LogP contribution in [0.5, 0.6) is 0 Å². The van der Waals surface area contributed by atoms with Crippen LogP contribution in [0.3, 0.4) is 0 Å². The van der Waals surface area contributed by atoms with E-state index in [0.717, 1.165) is 22.5 Å². The van der Waals surface area contributed by atoms with Gasteiger partial charge in [0.1, 0.15) is 11.9 Å². The van der Waals surface area contributed by atoms with Gasteiger partial charge in [-0.1, -0.05) is 42.5 Å². The van der Waals surface area contributed by atoms with Gasteiger partial charge in [-0.25, -0.2) is 4.39 Å². The minimum absolute atomic E-state index is 0.0236. The number of fused-ring (bicyclic) bond motifs is 1. The molecule has 0 fully saturated rings. The fourth-order valence-electron chi connectivity index (χ4n) is 4.27. The van der Waals surface area contributed by atoms with Crippen LogP contribution in [-0.4, -0.2) is 30.2 Å². The average molecular weight is 445 g/mol. The normalized spacial score (nSPS) is 15.5. The van der Waals surface area contributed by atoms with Crippen molar-refractivity contribution in [3.63, 3.8) is 0 Å². The van der Waals surface area contributed by atoms with E-state index in [1.807, 2.05) is 30.3 Å². The van der Waals surface area contributed by atoms with E-state index >= 15 is 0 Å². The van der Waals surface area contributed by atoms with Gasteiger partial charge in [-0.05, 0) is 53.9 Å². The molecule has 3 aromatic rings. The summed E-state index contributed by atoms with van der Waals surface area (Å²) in [5.74, 6) is -1.41. The second-order valence-corrected chi connectivity index (χ2v) is 8.10. The van der Waals surface area contributed by atoms with Crippen LogP contribution >= 0.6 is 0 Å². The first-order chi connectivity index (χ1) is 16.0. The maximum Gasteiger partial charge on any atom is 0.307 e. The molecule has 33 heavy (non-hydrogen) atoms. The van der Waals surface area contributed by atoms with Gasteiger partial charge in [0.05, 0.1) is 35.4 Å². The topological polar surface area (TPSA) is 97.2 Å². The number of nitriles is 1. The van der Waals surface area contributed by atoms with Crippen molar-refractivity contribution >= 4 is 17.3 Å². The van der Waals surface area contributed by atoms with Crippen LogP contribution in [0.15, 0.2) is 66.7 Å². The number of aliphatic carboxylic acids is 1. The third-order valence-corrected chi connectivity index (χ3v) is 5.74. The van der Waals surface area contributed by atoms with Gasteiger partial charge in [0, 0.05) is 6.54 Å². The van der Waals surface area contributed by atoms with Crippen molar-refractivity contribution in [2.24, 2.45) is 0 Å². The molecule has 0 amide bonds. The first kappa shape index (κ1) is 22.3. The number of nitrogens with one attached hydrogen (secondary N) is 3. The molecule has 2 atom stereocenters. The number of halogens is 1. The Labute approximate surface area is 192 Å². The first-order valence-corrected chi connectivity index (χ1v) is 10.9. The van der Waals surface area contributed by atoms with E-state index in [0.29, 0.717) is 30.6 Å². The van der Waals surface area contributed by atoms with Gasteiger partial charge < -0.3 is 21.1 Å². The van der Waals surface area contributed by atoms with Gasteiger partial charge in [-0.3, -0.25) is 4.79 Å². The van der Waals surface area contributed by atoms with Gasteiger partial charge in [0.25, 0.3) is 0 Å². The second kappa shape index (κ2) is 10.2. The molecule has 6 nitrogen and oxygen atoms in total. The smallest absolute Gasteiger partial charge is 0.307 e. The summed E-state index contributed by atoms with van der Waals surface area (Å²) in [5, 5.41) is 29.0. The van der Waals surface area contributed by atoms with Crippen molar-refractivity contribution in [3.8, 4) is 6.07 Å². The molecule has 0 unspecified atom stereocenters. The van der Waals surface area contributed by atoms with Crippen LogP contribution in [0.25, 0.3) is 0 Å². The SMILES string of the molecule is N#Cc1cccc2c1N[C@@H]([C@H](NCCc1cc(F)cc(CC(=O)O)c1)c1ccccc1)CN2. The number of hydrogen-bond donors (Lipinski definition) is 4. The van der Waals surface area contributed by atoms with Crippen LogP contribution in [-0.2, 0) is 17.6 Å². The average Bonchev–Trinajstić information content (AvgIpc) is 2.81. The van der Waals surface area contributed by atoms with Crippen molar-refractivity contribution < 1.29 is 14.3 Å². The lowest BCUT2D eigenvalue weighted by molar-refractivity contribution is -0.136. The Kier molecular flexibility index (Phi) is 6.86. The zero-order chi connectivity index (χ0) is 23.2. The number of hydrogen-bond acceptors (Lipinski definition) is 5. The molecule has 1 heterocycles. The highest BCUT2D eigenvalue weighted by Crippen LogP contribution is 2.33. The zero-order valence-electron chi connectivity index (χ0n) is 18.0. The third kappa shape index (κ3) is 5.48. The molecule has 0 saturated carbocycles.